The molecule has 1 heterocycles. The Hall–Kier alpha value is -1.12. The van der Waals surface area contributed by atoms with Gasteiger partial charge in [-0.1, -0.05) is 0 Å². The maximum absolute atomic E-state index is 12.6. The number of rotatable bonds is 4. The maximum Gasteiger partial charge on any atom is 0.406 e. The first-order valence-electron chi connectivity index (χ1n) is 6.55. The summed E-state index contributed by atoms with van der Waals surface area (Å²) in [4.78, 5) is 25.2. The maximum atomic E-state index is 12.6. The van der Waals surface area contributed by atoms with Gasteiger partial charge in [0.2, 0.25) is 0 Å². The number of nitrogens with zero attached hydrogens (tertiary/aromatic N) is 2. The molecule has 1 aliphatic heterocycles. The van der Waals surface area contributed by atoms with Crippen molar-refractivity contribution in [3.05, 3.63) is 0 Å². The SMILES string of the molecule is CC(C)N(CC(F)(F)F)C(=O)N1CCSCC1CC(=O)O. The largest absolute Gasteiger partial charge is 0.481 e. The Morgan fingerprint density at radius 3 is 2.52 bits per heavy atom. The molecular weight excluding hydrogens is 309 g/mol. The van der Waals surface area contributed by atoms with E-state index < -0.39 is 36.8 Å². The molecule has 5 nitrogen and oxygen atoms in total. The molecule has 1 unspecified atom stereocenters. The van der Waals surface area contributed by atoms with Crippen LogP contribution in [0.15, 0.2) is 0 Å². The molecule has 1 saturated heterocycles. The van der Waals surface area contributed by atoms with Crippen LogP contribution >= 0.6 is 11.8 Å². The van der Waals surface area contributed by atoms with Crippen molar-refractivity contribution in [2.24, 2.45) is 0 Å². The van der Waals surface area contributed by atoms with Crippen LogP contribution in [0.25, 0.3) is 0 Å². The number of hydrogen-bond acceptors (Lipinski definition) is 3. The Morgan fingerprint density at radius 2 is 2.05 bits per heavy atom. The summed E-state index contributed by atoms with van der Waals surface area (Å²) in [5, 5.41) is 8.86. The summed E-state index contributed by atoms with van der Waals surface area (Å²) in [6.07, 6.45) is -4.73. The molecule has 21 heavy (non-hydrogen) atoms. The summed E-state index contributed by atoms with van der Waals surface area (Å²) in [6.45, 7) is 1.96. The Morgan fingerprint density at radius 1 is 1.43 bits per heavy atom. The quantitative estimate of drug-likeness (QED) is 0.860. The Kier molecular flexibility index (Phi) is 6.18. The Balaban J connectivity index is 2.86. The lowest BCUT2D eigenvalue weighted by molar-refractivity contribution is -0.145. The molecule has 1 N–H and O–H groups in total. The number of halogens is 3. The zero-order valence-corrected chi connectivity index (χ0v) is 12.7. The fraction of sp³-hybridized carbons (Fsp3) is 0.833. The zero-order chi connectivity index (χ0) is 16.2. The van der Waals surface area contributed by atoms with E-state index in [9.17, 15) is 22.8 Å². The first kappa shape index (κ1) is 17.9. The highest BCUT2D eigenvalue weighted by molar-refractivity contribution is 7.99. The van der Waals surface area contributed by atoms with Crippen molar-refractivity contribution in [1.82, 2.24) is 9.80 Å². The molecule has 1 aliphatic rings. The number of hydrogen-bond donors (Lipinski definition) is 1. The predicted molar refractivity (Wildman–Crippen MR) is 73.4 cm³/mol. The van der Waals surface area contributed by atoms with Crippen LogP contribution in [0, 0.1) is 0 Å². The van der Waals surface area contributed by atoms with Gasteiger partial charge >= 0.3 is 18.2 Å². The van der Waals surface area contributed by atoms with Crippen LogP contribution in [0.3, 0.4) is 0 Å². The van der Waals surface area contributed by atoms with Crippen molar-refractivity contribution in [2.75, 3.05) is 24.6 Å². The van der Waals surface area contributed by atoms with Crippen LogP contribution in [0.4, 0.5) is 18.0 Å². The second kappa shape index (κ2) is 7.24. The average Bonchev–Trinajstić information content (AvgIpc) is 2.34. The highest BCUT2D eigenvalue weighted by Gasteiger charge is 2.38. The predicted octanol–water partition coefficient (Wildman–Crippen LogP) is 2.27. The monoisotopic (exact) mass is 328 g/mol. The van der Waals surface area contributed by atoms with E-state index in [-0.39, 0.29) is 13.0 Å². The van der Waals surface area contributed by atoms with Crippen molar-refractivity contribution in [3.63, 3.8) is 0 Å². The van der Waals surface area contributed by atoms with Gasteiger partial charge in [0, 0.05) is 24.1 Å². The smallest absolute Gasteiger partial charge is 0.406 e. The topological polar surface area (TPSA) is 60.9 Å². The number of thioether (sulfide) groups is 1. The van der Waals surface area contributed by atoms with Crippen molar-refractivity contribution in [2.45, 2.75) is 38.5 Å². The van der Waals surface area contributed by atoms with Gasteiger partial charge in [-0.2, -0.15) is 24.9 Å². The average molecular weight is 328 g/mol. The van der Waals surface area contributed by atoms with E-state index in [0.717, 1.165) is 4.90 Å². The number of amides is 2. The van der Waals surface area contributed by atoms with Crippen molar-refractivity contribution in [3.8, 4) is 0 Å². The van der Waals surface area contributed by atoms with Crippen LogP contribution < -0.4 is 0 Å². The van der Waals surface area contributed by atoms with E-state index in [0.29, 0.717) is 11.5 Å². The van der Waals surface area contributed by atoms with E-state index in [1.807, 2.05) is 0 Å². The number of urea groups is 1. The van der Waals surface area contributed by atoms with Gasteiger partial charge in [-0.15, -0.1) is 0 Å². The summed E-state index contributed by atoms with van der Waals surface area (Å²) in [7, 11) is 0. The normalized spacial score (nSPS) is 19.7. The van der Waals surface area contributed by atoms with Gasteiger partial charge in [-0.25, -0.2) is 4.79 Å². The van der Waals surface area contributed by atoms with Crippen LogP contribution in [-0.2, 0) is 4.79 Å². The molecule has 0 aromatic carbocycles. The van der Waals surface area contributed by atoms with Gasteiger partial charge < -0.3 is 14.9 Å². The fourth-order valence-corrected chi connectivity index (χ4v) is 3.17. The minimum atomic E-state index is -4.48. The van der Waals surface area contributed by atoms with Gasteiger partial charge in [-0.3, -0.25) is 4.79 Å². The second-order valence-corrected chi connectivity index (χ2v) is 6.29. The first-order chi connectivity index (χ1) is 9.61. The summed E-state index contributed by atoms with van der Waals surface area (Å²) < 4.78 is 37.8. The van der Waals surface area contributed by atoms with Gasteiger partial charge in [0.25, 0.3) is 0 Å². The van der Waals surface area contributed by atoms with E-state index >= 15 is 0 Å². The Labute approximate surface area is 125 Å². The van der Waals surface area contributed by atoms with E-state index in [1.54, 1.807) is 0 Å². The van der Waals surface area contributed by atoms with Gasteiger partial charge in [0.05, 0.1) is 12.5 Å². The van der Waals surface area contributed by atoms with Crippen LogP contribution in [-0.4, -0.2) is 69.8 Å². The molecule has 2 amide bonds. The summed E-state index contributed by atoms with van der Waals surface area (Å²) in [5.74, 6) is -0.0391. The zero-order valence-electron chi connectivity index (χ0n) is 11.9. The van der Waals surface area contributed by atoms with Crippen molar-refractivity contribution < 1.29 is 27.9 Å². The lowest BCUT2D eigenvalue weighted by Crippen LogP contribution is -2.55. The summed E-state index contributed by atoms with van der Waals surface area (Å²) >= 11 is 1.50. The highest BCUT2D eigenvalue weighted by atomic mass is 32.2. The molecule has 0 bridgehead atoms. The van der Waals surface area contributed by atoms with Crippen molar-refractivity contribution in [1.29, 1.82) is 0 Å². The minimum Gasteiger partial charge on any atom is -0.481 e. The molecule has 0 aliphatic carbocycles. The third-order valence-electron chi connectivity index (χ3n) is 3.10. The minimum absolute atomic E-state index is 0.253. The summed E-state index contributed by atoms with van der Waals surface area (Å²) in [5.41, 5.74) is 0. The molecule has 1 rings (SSSR count). The van der Waals surface area contributed by atoms with E-state index in [2.05, 4.69) is 0 Å². The molecule has 0 aromatic rings. The summed E-state index contributed by atoms with van der Waals surface area (Å²) in [6, 6.07) is -1.92. The lowest BCUT2D eigenvalue weighted by atomic mass is 10.2. The molecule has 122 valence electrons. The number of alkyl halides is 3. The lowest BCUT2D eigenvalue weighted by Gasteiger charge is -2.39. The van der Waals surface area contributed by atoms with Crippen LogP contribution in [0.5, 0.6) is 0 Å². The number of aliphatic carboxylic acids is 1. The molecule has 0 aromatic heterocycles. The first-order valence-corrected chi connectivity index (χ1v) is 7.71. The van der Waals surface area contributed by atoms with Crippen molar-refractivity contribution >= 4 is 23.8 Å². The number of carboxylic acids is 1. The Bertz CT molecular complexity index is 390. The van der Waals surface area contributed by atoms with Gasteiger partial charge in [-0.05, 0) is 13.8 Å². The highest BCUT2D eigenvalue weighted by Crippen LogP contribution is 2.24. The van der Waals surface area contributed by atoms with E-state index in [4.69, 9.17) is 5.11 Å². The standard InChI is InChI=1S/C12H19F3N2O3S/c1-8(2)17(7-12(13,14)15)11(20)16-3-4-21-6-9(16)5-10(18)19/h8-9H,3-7H2,1-2H3,(H,18,19). The molecule has 1 atom stereocenters. The van der Waals surface area contributed by atoms with Crippen LogP contribution in [0.1, 0.15) is 20.3 Å². The third kappa shape index (κ3) is 5.64. The van der Waals surface area contributed by atoms with Crippen LogP contribution in [0.2, 0.25) is 0 Å². The number of carboxylic acid groups (broad SMARTS) is 1. The van der Waals surface area contributed by atoms with E-state index in [1.165, 1.54) is 30.5 Å². The molecule has 0 radical (unpaired) electrons. The fourth-order valence-electron chi connectivity index (χ4n) is 2.11. The number of carbonyl (C=O) groups is 2. The van der Waals surface area contributed by atoms with Gasteiger partial charge in [0.15, 0.2) is 0 Å². The molecule has 0 saturated carbocycles. The molecular formula is C12H19F3N2O3S. The third-order valence-corrected chi connectivity index (χ3v) is 4.19. The number of carbonyl (C=O) groups excluding carboxylic acids is 1. The second-order valence-electron chi connectivity index (χ2n) is 5.14. The molecule has 1 fully saturated rings. The molecule has 0 spiro atoms. The van der Waals surface area contributed by atoms with Gasteiger partial charge in [0.1, 0.15) is 6.54 Å². The molecule has 9 heteroatoms.